The van der Waals surface area contributed by atoms with Gasteiger partial charge in [0.25, 0.3) is 0 Å². The summed E-state index contributed by atoms with van der Waals surface area (Å²) in [5, 5.41) is 9.34. The summed E-state index contributed by atoms with van der Waals surface area (Å²) >= 11 is 1.57. The predicted octanol–water partition coefficient (Wildman–Crippen LogP) is 2.59. The molecule has 2 rings (SSSR count). The zero-order chi connectivity index (χ0) is 15.5. The Morgan fingerprint density at radius 3 is 2.52 bits per heavy atom. The Kier molecular flexibility index (Phi) is 5.16. The van der Waals surface area contributed by atoms with Crippen molar-refractivity contribution in [3.8, 4) is 0 Å². The molecule has 1 aromatic carbocycles. The lowest BCUT2D eigenvalue weighted by atomic mass is 10.1. The fraction of sp³-hybridized carbons (Fsp3) is 0.333. The molecule has 0 radical (unpaired) electrons. The van der Waals surface area contributed by atoms with Gasteiger partial charge in [-0.1, -0.05) is 13.0 Å². The molecule has 2 aromatic rings. The number of rotatable bonds is 6. The second-order valence-corrected chi connectivity index (χ2v) is 7.92. The van der Waals surface area contributed by atoms with Gasteiger partial charge in [-0.2, -0.15) is 0 Å². The third-order valence-corrected chi connectivity index (χ3v) is 5.67. The van der Waals surface area contributed by atoms with Crippen molar-refractivity contribution in [3.63, 3.8) is 0 Å². The highest BCUT2D eigenvalue weighted by molar-refractivity contribution is 7.89. The Morgan fingerprint density at radius 1 is 1.19 bits per heavy atom. The van der Waals surface area contributed by atoms with Crippen LogP contribution in [0.25, 0.3) is 0 Å². The summed E-state index contributed by atoms with van der Waals surface area (Å²) in [4.78, 5) is 2.32. The van der Waals surface area contributed by atoms with Crippen LogP contribution in [-0.4, -0.2) is 13.5 Å². The van der Waals surface area contributed by atoms with Gasteiger partial charge in [-0.15, -0.1) is 11.3 Å². The van der Waals surface area contributed by atoms with E-state index >= 15 is 0 Å². The van der Waals surface area contributed by atoms with Crippen LogP contribution in [0.4, 0.5) is 0 Å². The number of sulfonamides is 1. The summed E-state index contributed by atoms with van der Waals surface area (Å²) in [6, 6.07) is 8.77. The normalized spacial score (nSPS) is 11.8. The van der Waals surface area contributed by atoms with Crippen molar-refractivity contribution in [2.24, 2.45) is 0 Å². The average Bonchev–Trinajstić information content (AvgIpc) is 2.90. The summed E-state index contributed by atoms with van der Waals surface area (Å²) in [5.41, 5.74) is 1.62. The van der Waals surface area contributed by atoms with Crippen LogP contribution in [0.3, 0.4) is 0 Å². The minimum atomic E-state index is -3.56. The molecule has 21 heavy (non-hydrogen) atoms. The number of hydrogen-bond acceptors (Lipinski definition) is 4. The molecule has 0 unspecified atom stereocenters. The molecule has 0 atom stereocenters. The Labute approximate surface area is 129 Å². The van der Waals surface area contributed by atoms with Crippen LogP contribution in [0.2, 0.25) is 0 Å². The quantitative estimate of drug-likeness (QED) is 0.858. The summed E-state index contributed by atoms with van der Waals surface area (Å²) in [5.74, 6) is 0. The van der Waals surface area contributed by atoms with Gasteiger partial charge in [0.05, 0.1) is 11.5 Å². The fourth-order valence-electron chi connectivity index (χ4n) is 2.09. The van der Waals surface area contributed by atoms with Crippen LogP contribution in [0.1, 0.15) is 27.8 Å². The Hall–Kier alpha value is -1.21. The molecule has 0 spiro atoms. The number of aliphatic hydroxyl groups excluding tert-OH is 1. The number of thiophene rings is 1. The smallest absolute Gasteiger partial charge is 0.240 e. The van der Waals surface area contributed by atoms with Crippen molar-refractivity contribution in [2.45, 2.75) is 38.3 Å². The molecule has 0 amide bonds. The highest BCUT2D eigenvalue weighted by atomic mass is 32.2. The maximum absolute atomic E-state index is 12.3. The largest absolute Gasteiger partial charge is 0.392 e. The van der Waals surface area contributed by atoms with Crippen molar-refractivity contribution in [3.05, 3.63) is 51.2 Å². The minimum Gasteiger partial charge on any atom is -0.392 e. The first-order valence-electron chi connectivity index (χ1n) is 6.74. The van der Waals surface area contributed by atoms with E-state index in [0.29, 0.717) is 5.56 Å². The SMILES string of the molecule is CCc1ccc(S(=O)(=O)NCc2ccc(C)s2)cc1CO. The maximum Gasteiger partial charge on any atom is 0.240 e. The van der Waals surface area contributed by atoms with Gasteiger partial charge in [-0.05, 0) is 48.7 Å². The molecule has 2 N–H and O–H groups in total. The minimum absolute atomic E-state index is 0.156. The number of nitrogens with one attached hydrogen (secondary N) is 1. The third-order valence-electron chi connectivity index (χ3n) is 3.27. The molecule has 4 nitrogen and oxygen atoms in total. The van der Waals surface area contributed by atoms with Gasteiger partial charge in [0, 0.05) is 16.3 Å². The van der Waals surface area contributed by atoms with Crippen LogP contribution in [0.5, 0.6) is 0 Å². The van der Waals surface area contributed by atoms with Crippen LogP contribution in [-0.2, 0) is 29.6 Å². The number of hydrogen-bond donors (Lipinski definition) is 2. The molecule has 1 heterocycles. The monoisotopic (exact) mass is 325 g/mol. The van der Waals surface area contributed by atoms with Gasteiger partial charge < -0.3 is 5.11 Å². The molecule has 0 saturated carbocycles. The highest BCUT2D eigenvalue weighted by Crippen LogP contribution is 2.19. The maximum atomic E-state index is 12.3. The Morgan fingerprint density at radius 2 is 1.95 bits per heavy atom. The van der Waals surface area contributed by atoms with E-state index in [2.05, 4.69) is 4.72 Å². The molecule has 114 valence electrons. The number of benzene rings is 1. The van der Waals surface area contributed by atoms with Gasteiger partial charge in [-0.3, -0.25) is 0 Å². The summed E-state index contributed by atoms with van der Waals surface area (Å²) in [7, 11) is -3.56. The van der Waals surface area contributed by atoms with Gasteiger partial charge in [-0.25, -0.2) is 13.1 Å². The van der Waals surface area contributed by atoms with Gasteiger partial charge in [0.15, 0.2) is 0 Å². The topological polar surface area (TPSA) is 66.4 Å². The second-order valence-electron chi connectivity index (χ2n) is 4.78. The standard InChI is InChI=1S/C15H19NO3S2/c1-3-12-5-7-15(8-13(12)10-17)21(18,19)16-9-14-6-4-11(2)20-14/h4-8,16-17H,3,9-10H2,1-2H3. The van der Waals surface area contributed by atoms with E-state index in [4.69, 9.17) is 0 Å². The molecule has 0 fully saturated rings. The molecule has 0 aliphatic heterocycles. The van der Waals surface area contributed by atoms with Crippen molar-refractivity contribution < 1.29 is 13.5 Å². The van der Waals surface area contributed by atoms with Crippen molar-refractivity contribution >= 4 is 21.4 Å². The third kappa shape index (κ3) is 3.91. The molecule has 0 saturated heterocycles. The molecule has 6 heteroatoms. The zero-order valence-electron chi connectivity index (χ0n) is 12.1. The first-order valence-corrected chi connectivity index (χ1v) is 9.04. The Bertz CT molecular complexity index is 720. The average molecular weight is 325 g/mol. The predicted molar refractivity (Wildman–Crippen MR) is 84.8 cm³/mol. The first kappa shape index (κ1) is 16.2. The van der Waals surface area contributed by atoms with Crippen LogP contribution in [0, 0.1) is 6.92 Å². The molecule has 0 aliphatic carbocycles. The lowest BCUT2D eigenvalue weighted by Gasteiger charge is -2.10. The highest BCUT2D eigenvalue weighted by Gasteiger charge is 2.15. The summed E-state index contributed by atoms with van der Waals surface area (Å²) in [6.07, 6.45) is 0.762. The summed E-state index contributed by atoms with van der Waals surface area (Å²) in [6.45, 7) is 4.08. The zero-order valence-corrected chi connectivity index (χ0v) is 13.7. The van der Waals surface area contributed by atoms with Gasteiger partial charge >= 0.3 is 0 Å². The van der Waals surface area contributed by atoms with Crippen LogP contribution < -0.4 is 4.72 Å². The first-order chi connectivity index (χ1) is 9.96. The number of aliphatic hydroxyl groups is 1. The molecule has 0 bridgehead atoms. The lowest BCUT2D eigenvalue weighted by Crippen LogP contribution is -2.23. The van der Waals surface area contributed by atoms with Gasteiger partial charge in [0.1, 0.15) is 0 Å². The molecule has 0 aliphatic rings. The molecular weight excluding hydrogens is 306 g/mol. The summed E-state index contributed by atoms with van der Waals surface area (Å²) < 4.78 is 27.2. The van der Waals surface area contributed by atoms with Gasteiger partial charge in [0.2, 0.25) is 10.0 Å². The van der Waals surface area contributed by atoms with Crippen molar-refractivity contribution in [1.29, 1.82) is 0 Å². The van der Waals surface area contributed by atoms with Crippen LogP contribution in [0.15, 0.2) is 35.2 Å². The van der Waals surface area contributed by atoms with Crippen molar-refractivity contribution in [1.82, 2.24) is 4.72 Å². The Balaban J connectivity index is 2.19. The van der Waals surface area contributed by atoms with E-state index in [-0.39, 0.29) is 18.0 Å². The van der Waals surface area contributed by atoms with E-state index in [1.807, 2.05) is 26.0 Å². The van der Waals surface area contributed by atoms with E-state index < -0.39 is 10.0 Å². The molecule has 1 aromatic heterocycles. The van der Waals surface area contributed by atoms with E-state index in [1.165, 1.54) is 0 Å². The van der Waals surface area contributed by atoms with E-state index in [1.54, 1.807) is 29.5 Å². The molecular formula is C15H19NO3S2. The number of aryl methyl sites for hydroxylation is 2. The lowest BCUT2D eigenvalue weighted by molar-refractivity contribution is 0.280. The second kappa shape index (κ2) is 6.70. The fourth-order valence-corrected chi connectivity index (χ4v) is 4.07. The van der Waals surface area contributed by atoms with E-state index in [0.717, 1.165) is 21.7 Å². The van der Waals surface area contributed by atoms with Crippen LogP contribution >= 0.6 is 11.3 Å². The van der Waals surface area contributed by atoms with E-state index in [9.17, 15) is 13.5 Å². The van der Waals surface area contributed by atoms with Crippen molar-refractivity contribution in [2.75, 3.05) is 0 Å².